The normalized spacial score (nSPS) is 10.2. The summed E-state index contributed by atoms with van der Waals surface area (Å²) < 4.78 is 4.76. The van der Waals surface area contributed by atoms with Crippen molar-refractivity contribution in [3.8, 4) is 0 Å². The maximum absolute atomic E-state index is 10.9. The molecule has 0 saturated heterocycles. The van der Waals surface area contributed by atoms with Crippen molar-refractivity contribution in [1.82, 2.24) is 10.3 Å². The molecule has 1 aromatic rings. The van der Waals surface area contributed by atoms with E-state index in [9.17, 15) is 9.59 Å². The van der Waals surface area contributed by atoms with Crippen molar-refractivity contribution in [2.75, 3.05) is 13.2 Å². The second kappa shape index (κ2) is 6.36. The van der Waals surface area contributed by atoms with Crippen molar-refractivity contribution in [1.29, 1.82) is 0 Å². The number of thiazole rings is 1. The summed E-state index contributed by atoms with van der Waals surface area (Å²) in [7, 11) is 0. The molecule has 0 aliphatic rings. The van der Waals surface area contributed by atoms with E-state index in [4.69, 9.17) is 4.74 Å². The summed E-state index contributed by atoms with van der Waals surface area (Å²) >= 11 is 1.13. The van der Waals surface area contributed by atoms with Gasteiger partial charge in [0, 0.05) is 24.2 Å². The van der Waals surface area contributed by atoms with Crippen LogP contribution in [0.5, 0.6) is 0 Å². The number of rotatable bonds is 6. The van der Waals surface area contributed by atoms with E-state index >= 15 is 0 Å². The van der Waals surface area contributed by atoms with E-state index in [1.807, 2.05) is 0 Å². The fraction of sp³-hybridized carbons (Fsp3) is 0.556. The number of carbonyl (C=O) groups is 1. The fourth-order valence-corrected chi connectivity index (χ4v) is 1.63. The Morgan fingerprint density at radius 1 is 1.67 bits per heavy atom. The number of aromatic amines is 1. The number of nitrogens with one attached hydrogen (secondary N) is 2. The molecule has 0 atom stereocenters. The average Bonchev–Trinajstić information content (AvgIpc) is 2.60. The molecule has 0 aliphatic carbocycles. The van der Waals surface area contributed by atoms with Gasteiger partial charge in [-0.05, 0) is 6.92 Å². The summed E-state index contributed by atoms with van der Waals surface area (Å²) in [4.78, 5) is 24.3. The third-order valence-corrected chi connectivity index (χ3v) is 2.42. The van der Waals surface area contributed by atoms with Crippen molar-refractivity contribution in [2.45, 2.75) is 19.9 Å². The largest absolute Gasteiger partial charge is 0.466 e. The molecule has 0 spiro atoms. The molecule has 15 heavy (non-hydrogen) atoms. The second-order valence-corrected chi connectivity index (χ2v) is 3.75. The Morgan fingerprint density at radius 2 is 2.47 bits per heavy atom. The standard InChI is InChI=1S/C9H14N2O3S/c1-2-14-8(12)3-4-10-5-7-6-15-9(13)11-7/h6,10H,2-5H2,1H3,(H,11,13). The maximum Gasteiger partial charge on any atom is 0.307 e. The zero-order valence-electron chi connectivity index (χ0n) is 8.54. The highest BCUT2D eigenvalue weighted by Crippen LogP contribution is 1.94. The van der Waals surface area contributed by atoms with Gasteiger partial charge in [0.15, 0.2) is 0 Å². The van der Waals surface area contributed by atoms with Crippen LogP contribution < -0.4 is 10.2 Å². The van der Waals surface area contributed by atoms with Crippen LogP contribution in [0.2, 0.25) is 0 Å². The Bertz CT molecular complexity index is 358. The topological polar surface area (TPSA) is 71.2 Å². The first-order chi connectivity index (χ1) is 7.22. The van der Waals surface area contributed by atoms with E-state index in [0.29, 0.717) is 26.1 Å². The third-order valence-electron chi connectivity index (χ3n) is 1.70. The van der Waals surface area contributed by atoms with Gasteiger partial charge < -0.3 is 15.0 Å². The van der Waals surface area contributed by atoms with Crippen LogP contribution in [0.3, 0.4) is 0 Å². The highest BCUT2D eigenvalue weighted by atomic mass is 32.1. The zero-order chi connectivity index (χ0) is 11.1. The summed E-state index contributed by atoms with van der Waals surface area (Å²) in [5.74, 6) is -0.205. The number of hydrogen-bond donors (Lipinski definition) is 2. The van der Waals surface area contributed by atoms with E-state index in [0.717, 1.165) is 17.0 Å². The average molecular weight is 230 g/mol. The summed E-state index contributed by atoms with van der Waals surface area (Å²) in [6, 6.07) is 0. The molecule has 0 radical (unpaired) electrons. The molecule has 84 valence electrons. The first-order valence-corrected chi connectivity index (χ1v) is 5.63. The van der Waals surface area contributed by atoms with Crippen molar-refractivity contribution >= 4 is 17.3 Å². The lowest BCUT2D eigenvalue weighted by molar-refractivity contribution is -0.142. The Morgan fingerprint density at radius 3 is 3.07 bits per heavy atom. The highest BCUT2D eigenvalue weighted by molar-refractivity contribution is 7.07. The number of ether oxygens (including phenoxy) is 1. The predicted molar refractivity (Wildman–Crippen MR) is 57.9 cm³/mol. The van der Waals surface area contributed by atoms with E-state index in [-0.39, 0.29) is 10.8 Å². The molecule has 1 heterocycles. The maximum atomic E-state index is 10.9. The first kappa shape index (κ1) is 11.9. The van der Waals surface area contributed by atoms with Gasteiger partial charge in [0.1, 0.15) is 0 Å². The molecular formula is C9H14N2O3S. The van der Waals surface area contributed by atoms with Gasteiger partial charge in [0.2, 0.25) is 0 Å². The number of hydrogen-bond acceptors (Lipinski definition) is 5. The van der Waals surface area contributed by atoms with Crippen LogP contribution in [0.15, 0.2) is 10.2 Å². The monoisotopic (exact) mass is 230 g/mol. The van der Waals surface area contributed by atoms with Crippen molar-refractivity contribution in [2.24, 2.45) is 0 Å². The SMILES string of the molecule is CCOC(=O)CCNCc1csc(=O)[nH]1. The van der Waals surface area contributed by atoms with Crippen LogP contribution in [-0.4, -0.2) is 24.1 Å². The van der Waals surface area contributed by atoms with Gasteiger partial charge in [-0.1, -0.05) is 11.3 Å². The minimum atomic E-state index is -0.205. The van der Waals surface area contributed by atoms with Crippen molar-refractivity contribution < 1.29 is 9.53 Å². The molecular weight excluding hydrogens is 216 g/mol. The summed E-state index contributed by atoms with van der Waals surface area (Å²) in [5.41, 5.74) is 0.842. The molecule has 2 N–H and O–H groups in total. The van der Waals surface area contributed by atoms with Crippen LogP contribution in [0, 0.1) is 0 Å². The van der Waals surface area contributed by atoms with Gasteiger partial charge in [-0.15, -0.1) is 0 Å². The Hall–Kier alpha value is -1.14. The van der Waals surface area contributed by atoms with Gasteiger partial charge in [0.25, 0.3) is 0 Å². The molecule has 5 nitrogen and oxygen atoms in total. The van der Waals surface area contributed by atoms with Gasteiger partial charge in [-0.2, -0.15) is 0 Å². The highest BCUT2D eigenvalue weighted by Gasteiger charge is 2.01. The zero-order valence-corrected chi connectivity index (χ0v) is 9.36. The van der Waals surface area contributed by atoms with Crippen LogP contribution >= 0.6 is 11.3 Å². The molecule has 0 fully saturated rings. The lowest BCUT2D eigenvalue weighted by atomic mass is 10.4. The van der Waals surface area contributed by atoms with Crippen LogP contribution in [0.4, 0.5) is 0 Å². The first-order valence-electron chi connectivity index (χ1n) is 4.75. The number of carbonyl (C=O) groups excluding carboxylic acids is 1. The molecule has 0 bridgehead atoms. The van der Waals surface area contributed by atoms with E-state index in [2.05, 4.69) is 10.3 Å². The van der Waals surface area contributed by atoms with Gasteiger partial charge >= 0.3 is 10.8 Å². The van der Waals surface area contributed by atoms with Gasteiger partial charge in [0.05, 0.1) is 13.0 Å². The number of H-pyrrole nitrogens is 1. The van der Waals surface area contributed by atoms with Crippen LogP contribution in [0.1, 0.15) is 19.0 Å². The Balaban J connectivity index is 2.12. The van der Waals surface area contributed by atoms with E-state index < -0.39 is 0 Å². The van der Waals surface area contributed by atoms with Gasteiger partial charge in [-0.3, -0.25) is 9.59 Å². The summed E-state index contributed by atoms with van der Waals surface area (Å²) in [6.45, 7) is 3.31. The summed E-state index contributed by atoms with van der Waals surface area (Å²) in [5, 5.41) is 4.80. The molecule has 0 aromatic carbocycles. The summed E-state index contributed by atoms with van der Waals surface area (Å²) in [6.07, 6.45) is 0.349. The second-order valence-electron chi connectivity index (χ2n) is 2.91. The Labute approximate surface area is 91.5 Å². The van der Waals surface area contributed by atoms with Crippen LogP contribution in [0.25, 0.3) is 0 Å². The van der Waals surface area contributed by atoms with Gasteiger partial charge in [-0.25, -0.2) is 0 Å². The molecule has 0 saturated carbocycles. The minimum absolute atomic E-state index is 0.0582. The molecule has 1 aromatic heterocycles. The quantitative estimate of drug-likeness (QED) is 0.551. The van der Waals surface area contributed by atoms with E-state index in [1.165, 1.54) is 0 Å². The Kier molecular flexibility index (Phi) is 5.06. The number of aromatic nitrogens is 1. The molecule has 0 unspecified atom stereocenters. The molecule has 0 aliphatic heterocycles. The number of esters is 1. The fourth-order valence-electron chi connectivity index (χ4n) is 1.05. The van der Waals surface area contributed by atoms with E-state index in [1.54, 1.807) is 12.3 Å². The van der Waals surface area contributed by atoms with Crippen LogP contribution in [-0.2, 0) is 16.1 Å². The third kappa shape index (κ3) is 4.75. The molecule has 1 rings (SSSR count). The van der Waals surface area contributed by atoms with Crippen molar-refractivity contribution in [3.05, 3.63) is 20.7 Å². The molecule has 6 heteroatoms. The lowest BCUT2D eigenvalue weighted by Gasteiger charge is -2.02. The molecule has 0 amide bonds. The minimum Gasteiger partial charge on any atom is -0.466 e. The lowest BCUT2D eigenvalue weighted by Crippen LogP contribution is -2.19. The smallest absolute Gasteiger partial charge is 0.307 e. The van der Waals surface area contributed by atoms with Crippen molar-refractivity contribution in [3.63, 3.8) is 0 Å². The predicted octanol–water partition coefficient (Wildman–Crippen LogP) is 0.479.